The lowest BCUT2D eigenvalue weighted by Crippen LogP contribution is -2.46. The molecule has 2 N–H and O–H groups in total. The van der Waals surface area contributed by atoms with Gasteiger partial charge in [0.25, 0.3) is 0 Å². The molecule has 33 heavy (non-hydrogen) atoms. The number of carbonyl (C=O) groups excluding carboxylic acids is 2. The van der Waals surface area contributed by atoms with E-state index in [1.165, 1.54) is 12.8 Å². The smallest absolute Gasteiger partial charge is 0.414 e. The molecule has 1 aliphatic carbocycles. The van der Waals surface area contributed by atoms with Gasteiger partial charge in [-0.1, -0.05) is 6.92 Å². The largest absolute Gasteiger partial charge is 0.473 e. The average Bonchev–Trinajstić information content (AvgIpc) is 3.09. The summed E-state index contributed by atoms with van der Waals surface area (Å²) < 4.78 is 0. The number of nitrogens with zero attached hydrogens (tertiary/aromatic N) is 3. The molecule has 3 aliphatic rings. The normalized spacial score (nSPS) is 24.2. The van der Waals surface area contributed by atoms with Gasteiger partial charge >= 0.3 is 11.9 Å². The summed E-state index contributed by atoms with van der Waals surface area (Å²) in [5, 5.41) is 14.8. The molecule has 1 spiro atoms. The molecule has 0 aromatic carbocycles. The van der Waals surface area contributed by atoms with Crippen LogP contribution in [0.1, 0.15) is 57.4 Å². The highest BCUT2D eigenvalue weighted by Crippen LogP contribution is 2.42. The molecule has 1 aromatic rings. The molecule has 1 saturated carbocycles. The Kier molecular flexibility index (Phi) is 8.05. The predicted octanol–water partition coefficient (Wildman–Crippen LogP) is 2.40. The molecule has 0 unspecified atom stereocenters. The van der Waals surface area contributed by atoms with Gasteiger partial charge in [-0.25, -0.2) is 9.59 Å². The predicted molar refractivity (Wildman–Crippen MR) is 119 cm³/mol. The van der Waals surface area contributed by atoms with Crippen LogP contribution in [0.4, 0.5) is 0 Å². The molecule has 2 saturated heterocycles. The molecular weight excluding hydrogens is 426 g/mol. The zero-order chi connectivity index (χ0) is 24.0. The zero-order valence-corrected chi connectivity index (χ0v) is 19.1. The minimum absolute atomic E-state index is 0.0714. The molecule has 2 aliphatic heterocycles. The highest BCUT2D eigenvalue weighted by atomic mass is 16.4. The maximum absolute atomic E-state index is 12.9. The lowest BCUT2D eigenvalue weighted by molar-refractivity contribution is -0.159. The van der Waals surface area contributed by atoms with E-state index in [4.69, 9.17) is 19.8 Å². The van der Waals surface area contributed by atoms with E-state index in [2.05, 4.69) is 16.8 Å². The highest BCUT2D eigenvalue weighted by molar-refractivity contribution is 6.27. The second kappa shape index (κ2) is 10.8. The fraction of sp³-hybridized carbons (Fsp3) is 0.625. The number of likely N-dealkylation sites (tertiary alicyclic amines) is 2. The van der Waals surface area contributed by atoms with E-state index in [1.807, 2.05) is 17.0 Å². The fourth-order valence-electron chi connectivity index (χ4n) is 5.14. The van der Waals surface area contributed by atoms with Gasteiger partial charge in [-0.15, -0.1) is 0 Å². The Labute approximate surface area is 193 Å². The molecule has 9 heteroatoms. The lowest BCUT2D eigenvalue weighted by atomic mass is 9.76. The Morgan fingerprint density at radius 2 is 1.61 bits per heavy atom. The van der Waals surface area contributed by atoms with Crippen LogP contribution in [0.3, 0.4) is 0 Å². The molecule has 2 amide bonds. The molecule has 0 bridgehead atoms. The summed E-state index contributed by atoms with van der Waals surface area (Å²) in [5.41, 5.74) is 1.21. The summed E-state index contributed by atoms with van der Waals surface area (Å²) in [6.07, 6.45) is 10.6. The van der Waals surface area contributed by atoms with Crippen LogP contribution in [0, 0.1) is 17.3 Å². The maximum atomic E-state index is 12.9. The van der Waals surface area contributed by atoms with Gasteiger partial charge in [0.2, 0.25) is 11.8 Å². The first kappa shape index (κ1) is 24.7. The maximum Gasteiger partial charge on any atom is 0.414 e. The first-order chi connectivity index (χ1) is 15.7. The highest BCUT2D eigenvalue weighted by Gasteiger charge is 2.45. The van der Waals surface area contributed by atoms with Crippen LogP contribution < -0.4 is 0 Å². The van der Waals surface area contributed by atoms with Crippen molar-refractivity contribution in [2.45, 2.75) is 58.4 Å². The Morgan fingerprint density at radius 1 is 1.03 bits per heavy atom. The van der Waals surface area contributed by atoms with Crippen LogP contribution in [0.2, 0.25) is 0 Å². The van der Waals surface area contributed by atoms with E-state index in [0.29, 0.717) is 18.9 Å². The molecule has 0 radical (unpaired) electrons. The summed E-state index contributed by atoms with van der Waals surface area (Å²) in [6, 6.07) is 3.95. The van der Waals surface area contributed by atoms with Crippen molar-refractivity contribution in [2.24, 2.45) is 17.3 Å². The molecule has 3 heterocycles. The van der Waals surface area contributed by atoms with Gasteiger partial charge in [0.15, 0.2) is 0 Å². The van der Waals surface area contributed by atoms with Crippen molar-refractivity contribution in [3.63, 3.8) is 0 Å². The van der Waals surface area contributed by atoms with Crippen molar-refractivity contribution in [1.82, 2.24) is 14.8 Å². The van der Waals surface area contributed by atoms with Crippen LogP contribution in [0.25, 0.3) is 0 Å². The van der Waals surface area contributed by atoms with Crippen molar-refractivity contribution in [3.05, 3.63) is 30.1 Å². The Morgan fingerprint density at radius 3 is 2.15 bits per heavy atom. The van der Waals surface area contributed by atoms with Crippen LogP contribution in [0.5, 0.6) is 0 Å². The number of amides is 2. The summed E-state index contributed by atoms with van der Waals surface area (Å²) >= 11 is 0. The molecule has 180 valence electrons. The quantitative estimate of drug-likeness (QED) is 0.664. The second-order valence-electron chi connectivity index (χ2n) is 9.67. The van der Waals surface area contributed by atoms with Gasteiger partial charge in [0.1, 0.15) is 0 Å². The number of piperidine rings is 1. The van der Waals surface area contributed by atoms with Crippen molar-refractivity contribution < 1.29 is 29.4 Å². The number of aliphatic carboxylic acids is 2. The molecule has 4 rings (SSSR count). The van der Waals surface area contributed by atoms with Gasteiger partial charge in [-0.2, -0.15) is 0 Å². The first-order valence-electron chi connectivity index (χ1n) is 11.6. The summed E-state index contributed by atoms with van der Waals surface area (Å²) in [4.78, 5) is 51.8. The first-order valence-corrected chi connectivity index (χ1v) is 11.6. The van der Waals surface area contributed by atoms with E-state index in [0.717, 1.165) is 56.8 Å². The van der Waals surface area contributed by atoms with Crippen molar-refractivity contribution in [1.29, 1.82) is 0 Å². The number of carboxylic acid groups (broad SMARTS) is 2. The average molecular weight is 460 g/mol. The minimum Gasteiger partial charge on any atom is -0.473 e. The topological polar surface area (TPSA) is 128 Å². The molecule has 9 nitrogen and oxygen atoms in total. The number of carboxylic acids is 2. The number of pyridine rings is 1. The number of carbonyl (C=O) groups is 4. The molecular formula is C24H33N3O6. The lowest BCUT2D eigenvalue weighted by Gasteiger charge is -2.40. The van der Waals surface area contributed by atoms with E-state index < -0.39 is 11.9 Å². The Balaban J connectivity index is 0.000000454. The monoisotopic (exact) mass is 459 g/mol. The van der Waals surface area contributed by atoms with E-state index in [1.54, 1.807) is 12.4 Å². The van der Waals surface area contributed by atoms with Crippen LogP contribution in [-0.4, -0.2) is 68.4 Å². The van der Waals surface area contributed by atoms with Crippen molar-refractivity contribution >= 4 is 23.8 Å². The third kappa shape index (κ3) is 6.52. The molecule has 0 atom stereocenters. The van der Waals surface area contributed by atoms with Crippen molar-refractivity contribution in [2.75, 3.05) is 19.6 Å². The van der Waals surface area contributed by atoms with Gasteiger partial charge in [0, 0.05) is 56.3 Å². The van der Waals surface area contributed by atoms with Gasteiger partial charge in [0.05, 0.1) is 0 Å². The Bertz CT molecular complexity index is 846. The van der Waals surface area contributed by atoms with E-state index in [9.17, 15) is 9.59 Å². The number of hydrogen-bond donors (Lipinski definition) is 2. The standard InChI is InChI=1S/C22H31N3O2.C2H2O4/c1-17-2-4-19(5-3-17)21(27)24-12-8-22(9-13-24)14-20(26)25(16-22)15-18-6-10-23-11-7-18;3-1(4)2(5)6/h6-7,10-11,17,19H,2-5,8-9,12-16H2,1H3;(H,3,4)(H,5,6). The van der Waals surface area contributed by atoms with Gasteiger partial charge < -0.3 is 20.0 Å². The zero-order valence-electron chi connectivity index (χ0n) is 19.1. The van der Waals surface area contributed by atoms with E-state index in [-0.39, 0.29) is 17.2 Å². The van der Waals surface area contributed by atoms with Gasteiger partial charge in [-0.3, -0.25) is 14.6 Å². The minimum atomic E-state index is -1.82. The number of hydrogen-bond acceptors (Lipinski definition) is 5. The third-order valence-electron chi connectivity index (χ3n) is 7.21. The van der Waals surface area contributed by atoms with Gasteiger partial charge in [-0.05, 0) is 62.1 Å². The van der Waals surface area contributed by atoms with Crippen LogP contribution >= 0.6 is 0 Å². The number of aromatic nitrogens is 1. The summed E-state index contributed by atoms with van der Waals surface area (Å²) in [7, 11) is 0. The van der Waals surface area contributed by atoms with Crippen LogP contribution in [0.15, 0.2) is 24.5 Å². The molecule has 3 fully saturated rings. The van der Waals surface area contributed by atoms with Crippen LogP contribution in [-0.2, 0) is 25.7 Å². The van der Waals surface area contributed by atoms with E-state index >= 15 is 0 Å². The Hall–Kier alpha value is -2.97. The summed E-state index contributed by atoms with van der Waals surface area (Å²) in [6.45, 7) is 5.44. The third-order valence-corrected chi connectivity index (χ3v) is 7.21. The van der Waals surface area contributed by atoms with Crippen molar-refractivity contribution in [3.8, 4) is 0 Å². The summed E-state index contributed by atoms with van der Waals surface area (Å²) in [5.74, 6) is -2.01. The molecule has 1 aromatic heterocycles. The second-order valence-corrected chi connectivity index (χ2v) is 9.67. The SMILES string of the molecule is CC1CCC(C(=O)N2CCC3(CC2)CC(=O)N(Cc2ccncc2)C3)CC1.O=C(O)C(=O)O. The number of rotatable bonds is 3. The fourth-order valence-corrected chi connectivity index (χ4v) is 5.14.